The summed E-state index contributed by atoms with van der Waals surface area (Å²) in [6.07, 6.45) is 0.508. The maximum absolute atomic E-state index is 13.2. The topological polar surface area (TPSA) is 82.0 Å². The maximum atomic E-state index is 13.2. The van der Waals surface area contributed by atoms with Crippen LogP contribution in [0.15, 0.2) is 42.5 Å². The Morgan fingerprint density at radius 2 is 1.94 bits per heavy atom. The molecule has 2 aliphatic heterocycles. The van der Waals surface area contributed by atoms with E-state index in [0.29, 0.717) is 13.0 Å². The van der Waals surface area contributed by atoms with Crippen molar-refractivity contribution in [2.24, 2.45) is 5.92 Å². The third-order valence-electron chi connectivity index (χ3n) is 6.50. The van der Waals surface area contributed by atoms with Crippen LogP contribution < -0.4 is 15.1 Å². The van der Waals surface area contributed by atoms with E-state index in [-0.39, 0.29) is 28.5 Å². The largest absolute Gasteiger partial charge is 0.368 e. The van der Waals surface area contributed by atoms with Gasteiger partial charge in [-0.05, 0) is 51.2 Å². The number of nitro benzene ring substituents is 1. The van der Waals surface area contributed by atoms with Gasteiger partial charge in [0, 0.05) is 56.2 Å². The van der Waals surface area contributed by atoms with Gasteiger partial charge in [0.1, 0.15) is 0 Å². The fourth-order valence-corrected chi connectivity index (χ4v) is 4.75. The van der Waals surface area contributed by atoms with Gasteiger partial charge in [0.15, 0.2) is 0 Å². The molecule has 1 N–H and O–H groups in total. The Morgan fingerprint density at radius 3 is 2.62 bits per heavy atom. The summed E-state index contributed by atoms with van der Waals surface area (Å²) in [6, 6.07) is 13.6. The number of nitrogens with one attached hydrogen (secondary N) is 1. The first kappa shape index (κ1) is 22.1. The average molecular weight is 438 g/mol. The van der Waals surface area contributed by atoms with Gasteiger partial charge in [-0.25, -0.2) is 0 Å². The molecule has 0 aromatic heterocycles. The van der Waals surface area contributed by atoms with Crippen LogP contribution in [-0.4, -0.2) is 68.6 Å². The number of aryl methyl sites for hydroxylation is 1. The number of hydrogen-bond acceptors (Lipinski definition) is 6. The van der Waals surface area contributed by atoms with Crippen LogP contribution in [0.2, 0.25) is 0 Å². The Kier molecular flexibility index (Phi) is 6.32. The van der Waals surface area contributed by atoms with Crippen LogP contribution >= 0.6 is 0 Å². The lowest BCUT2D eigenvalue weighted by Crippen LogP contribution is -2.61. The number of anilines is 2. The highest BCUT2D eigenvalue weighted by molar-refractivity contribution is 5.82. The average Bonchev–Trinajstić information content (AvgIpc) is 2.77. The summed E-state index contributed by atoms with van der Waals surface area (Å²) in [5.74, 6) is -0.246. The third-order valence-corrected chi connectivity index (χ3v) is 6.50. The first-order valence-corrected chi connectivity index (χ1v) is 11.1. The summed E-state index contributed by atoms with van der Waals surface area (Å²) in [5, 5.41) is 14.4. The number of piperazine rings is 1. The van der Waals surface area contributed by atoms with Crippen LogP contribution in [0.5, 0.6) is 0 Å². The lowest BCUT2D eigenvalue weighted by molar-refractivity contribution is -0.384. The molecule has 170 valence electrons. The van der Waals surface area contributed by atoms with Gasteiger partial charge in [0.05, 0.1) is 16.9 Å². The zero-order chi connectivity index (χ0) is 22.8. The van der Waals surface area contributed by atoms with E-state index in [4.69, 9.17) is 0 Å². The van der Waals surface area contributed by atoms with Crippen LogP contribution in [0, 0.1) is 23.0 Å². The molecule has 0 aliphatic carbocycles. The quantitative estimate of drug-likeness (QED) is 0.552. The van der Waals surface area contributed by atoms with Crippen molar-refractivity contribution < 1.29 is 9.72 Å². The van der Waals surface area contributed by atoms with E-state index in [1.54, 1.807) is 12.1 Å². The molecule has 4 rings (SSSR count). The monoisotopic (exact) mass is 437 g/mol. The summed E-state index contributed by atoms with van der Waals surface area (Å²) in [5.41, 5.74) is 4.36. The Balaban J connectivity index is 1.62. The number of amides is 1. The number of carbonyl (C=O) groups is 1. The third kappa shape index (κ3) is 4.55. The Bertz CT molecular complexity index is 992. The van der Waals surface area contributed by atoms with Gasteiger partial charge in [-0.3, -0.25) is 14.9 Å². The number of hydrogen-bond donors (Lipinski definition) is 1. The molecule has 1 saturated heterocycles. The number of fused-ring (bicyclic) bond motifs is 3. The molecule has 2 aliphatic rings. The van der Waals surface area contributed by atoms with E-state index < -0.39 is 0 Å². The van der Waals surface area contributed by atoms with Gasteiger partial charge < -0.3 is 20.0 Å². The zero-order valence-electron chi connectivity index (χ0n) is 19.0. The Labute approximate surface area is 189 Å². The van der Waals surface area contributed by atoms with Crippen LogP contribution in [-0.2, 0) is 11.2 Å². The summed E-state index contributed by atoms with van der Waals surface area (Å²) in [6.45, 7) is 5.77. The second-order valence-corrected chi connectivity index (χ2v) is 9.02. The summed E-state index contributed by atoms with van der Waals surface area (Å²) >= 11 is 0. The molecule has 32 heavy (non-hydrogen) atoms. The molecule has 1 amide bonds. The number of benzene rings is 2. The Hall–Kier alpha value is -3.13. The van der Waals surface area contributed by atoms with Crippen molar-refractivity contribution in [2.75, 3.05) is 56.6 Å². The van der Waals surface area contributed by atoms with Crippen molar-refractivity contribution in [2.45, 2.75) is 19.4 Å². The number of carbonyl (C=O) groups excluding carboxylic acids is 1. The SMILES string of the molecule is Cc1ccc(N2CCN3c4ccc([N+](=O)[O-])cc4CC(C(=O)NCCN(C)C)C3C2)cc1. The van der Waals surface area contributed by atoms with Crippen molar-refractivity contribution in [3.63, 3.8) is 0 Å². The first-order chi connectivity index (χ1) is 15.3. The zero-order valence-corrected chi connectivity index (χ0v) is 19.0. The molecule has 0 spiro atoms. The van der Waals surface area contributed by atoms with Crippen LogP contribution in [0.3, 0.4) is 0 Å². The molecule has 2 aromatic rings. The van der Waals surface area contributed by atoms with Crippen molar-refractivity contribution in [1.82, 2.24) is 10.2 Å². The van der Waals surface area contributed by atoms with Crippen LogP contribution in [0.1, 0.15) is 11.1 Å². The fraction of sp³-hybridized carbons (Fsp3) is 0.458. The predicted molar refractivity (Wildman–Crippen MR) is 126 cm³/mol. The van der Waals surface area contributed by atoms with E-state index in [2.05, 4.69) is 46.3 Å². The number of rotatable bonds is 6. The van der Waals surface area contributed by atoms with E-state index in [9.17, 15) is 14.9 Å². The summed E-state index contributed by atoms with van der Waals surface area (Å²) in [7, 11) is 3.95. The van der Waals surface area contributed by atoms with E-state index in [0.717, 1.165) is 43.1 Å². The highest BCUT2D eigenvalue weighted by Gasteiger charge is 2.42. The highest BCUT2D eigenvalue weighted by Crippen LogP contribution is 2.38. The molecule has 2 atom stereocenters. The minimum Gasteiger partial charge on any atom is -0.368 e. The molecular formula is C24H31N5O3. The number of likely N-dealkylation sites (N-methyl/N-ethyl adjacent to an activating group) is 1. The second-order valence-electron chi connectivity index (χ2n) is 9.02. The normalized spacial score (nSPS) is 20.0. The molecular weight excluding hydrogens is 406 g/mol. The predicted octanol–water partition coefficient (Wildman–Crippen LogP) is 2.45. The molecule has 8 heteroatoms. The minimum absolute atomic E-state index is 0.0124. The van der Waals surface area contributed by atoms with E-state index in [1.807, 2.05) is 25.1 Å². The van der Waals surface area contributed by atoms with Crippen molar-refractivity contribution in [1.29, 1.82) is 0 Å². The van der Waals surface area contributed by atoms with Gasteiger partial charge in [0.2, 0.25) is 5.91 Å². The fourth-order valence-electron chi connectivity index (χ4n) is 4.75. The van der Waals surface area contributed by atoms with Crippen molar-refractivity contribution in [3.8, 4) is 0 Å². The van der Waals surface area contributed by atoms with Gasteiger partial charge in [0.25, 0.3) is 5.69 Å². The molecule has 2 unspecified atom stereocenters. The lowest BCUT2D eigenvalue weighted by Gasteiger charge is -2.49. The van der Waals surface area contributed by atoms with Gasteiger partial charge >= 0.3 is 0 Å². The molecule has 8 nitrogen and oxygen atoms in total. The standard InChI is InChI=1S/C24H31N5O3/c1-17-4-6-19(7-5-17)27-12-13-28-22-9-8-20(29(31)32)14-18(22)15-21(23(28)16-27)24(30)25-10-11-26(2)3/h4-9,14,21,23H,10-13,15-16H2,1-3H3,(H,25,30). The number of non-ortho nitro benzene ring substituents is 1. The van der Waals surface area contributed by atoms with Crippen molar-refractivity contribution in [3.05, 3.63) is 63.7 Å². The molecule has 2 heterocycles. The van der Waals surface area contributed by atoms with Crippen LogP contribution in [0.25, 0.3) is 0 Å². The van der Waals surface area contributed by atoms with Gasteiger partial charge in [-0.15, -0.1) is 0 Å². The lowest BCUT2D eigenvalue weighted by atomic mass is 9.83. The van der Waals surface area contributed by atoms with Crippen LogP contribution in [0.4, 0.5) is 17.1 Å². The summed E-state index contributed by atoms with van der Waals surface area (Å²) < 4.78 is 0. The van der Waals surface area contributed by atoms with Gasteiger partial charge in [-0.1, -0.05) is 17.7 Å². The van der Waals surface area contributed by atoms with E-state index in [1.165, 1.54) is 5.56 Å². The molecule has 0 radical (unpaired) electrons. The van der Waals surface area contributed by atoms with Gasteiger partial charge in [-0.2, -0.15) is 0 Å². The number of nitro groups is 1. The molecule has 0 bridgehead atoms. The molecule has 2 aromatic carbocycles. The minimum atomic E-state index is -0.367. The highest BCUT2D eigenvalue weighted by atomic mass is 16.6. The smallest absolute Gasteiger partial charge is 0.269 e. The molecule has 1 fully saturated rings. The maximum Gasteiger partial charge on any atom is 0.269 e. The molecule has 0 saturated carbocycles. The van der Waals surface area contributed by atoms with E-state index >= 15 is 0 Å². The first-order valence-electron chi connectivity index (χ1n) is 11.1. The summed E-state index contributed by atoms with van der Waals surface area (Å²) in [4.78, 5) is 30.8. The second kappa shape index (κ2) is 9.16. The number of nitrogens with zero attached hydrogens (tertiary/aromatic N) is 4. The Morgan fingerprint density at radius 1 is 1.19 bits per heavy atom. The van der Waals surface area contributed by atoms with Crippen molar-refractivity contribution >= 4 is 23.0 Å².